The Hall–Kier alpha value is -0.890. The molecule has 0 aromatic carbocycles. The fourth-order valence-electron chi connectivity index (χ4n) is 0.978. The summed E-state index contributed by atoms with van der Waals surface area (Å²) in [6.07, 6.45) is 6.05. The Morgan fingerprint density at radius 1 is 1.62 bits per heavy atom. The molecule has 1 heterocycles. The molecular formula is C10H11ClFN. The van der Waals surface area contributed by atoms with Crippen molar-refractivity contribution in [3.63, 3.8) is 0 Å². The molecule has 0 radical (unpaired) electrons. The molecule has 1 aromatic heterocycles. The zero-order valence-corrected chi connectivity index (χ0v) is 8.18. The monoisotopic (exact) mass is 199 g/mol. The van der Waals surface area contributed by atoms with E-state index in [9.17, 15) is 4.39 Å². The van der Waals surface area contributed by atoms with Crippen LogP contribution < -0.4 is 0 Å². The van der Waals surface area contributed by atoms with Crippen LogP contribution in [0.5, 0.6) is 0 Å². The molecule has 0 fully saturated rings. The highest BCUT2D eigenvalue weighted by Gasteiger charge is 2.00. The van der Waals surface area contributed by atoms with Gasteiger partial charge in [-0.15, -0.1) is 11.6 Å². The summed E-state index contributed by atoms with van der Waals surface area (Å²) < 4.78 is 12.9. The Morgan fingerprint density at radius 2 is 2.38 bits per heavy atom. The lowest BCUT2D eigenvalue weighted by molar-refractivity contribution is 0.574. The second kappa shape index (κ2) is 4.97. The quantitative estimate of drug-likeness (QED) is 0.538. The van der Waals surface area contributed by atoms with Crippen molar-refractivity contribution >= 4 is 17.7 Å². The molecule has 1 aromatic rings. The van der Waals surface area contributed by atoms with Gasteiger partial charge in [0, 0.05) is 17.6 Å². The van der Waals surface area contributed by atoms with Crippen LogP contribution in [0.1, 0.15) is 17.5 Å². The number of rotatable bonds is 3. The maximum absolute atomic E-state index is 12.9. The predicted octanol–water partition coefficient (Wildman–Crippen LogP) is 3.17. The minimum Gasteiger partial charge on any atom is -0.228 e. The number of hydrogen-bond acceptors (Lipinski definition) is 1. The number of pyridine rings is 1. The fraction of sp³-hybridized carbons (Fsp3) is 0.300. The van der Waals surface area contributed by atoms with Gasteiger partial charge >= 0.3 is 0 Å². The lowest BCUT2D eigenvalue weighted by atomic mass is 10.1. The molecule has 0 amide bonds. The molecular weight excluding hydrogens is 189 g/mol. The van der Waals surface area contributed by atoms with E-state index in [0.717, 1.165) is 12.0 Å². The summed E-state index contributed by atoms with van der Waals surface area (Å²) in [4.78, 5) is 3.54. The fourth-order valence-corrected chi connectivity index (χ4v) is 1.10. The number of hydrogen-bond donors (Lipinski definition) is 0. The molecule has 1 nitrogen and oxygen atoms in total. The number of allylic oxidation sites excluding steroid dienone is 1. The first-order valence-corrected chi connectivity index (χ1v) is 4.62. The van der Waals surface area contributed by atoms with Crippen molar-refractivity contribution < 1.29 is 4.39 Å². The van der Waals surface area contributed by atoms with Gasteiger partial charge in [0.05, 0.1) is 0 Å². The highest BCUT2D eigenvalue weighted by atomic mass is 35.5. The third-order valence-corrected chi connectivity index (χ3v) is 1.98. The molecule has 0 saturated carbocycles. The van der Waals surface area contributed by atoms with E-state index < -0.39 is 5.95 Å². The van der Waals surface area contributed by atoms with Gasteiger partial charge in [0.15, 0.2) is 0 Å². The van der Waals surface area contributed by atoms with E-state index in [2.05, 4.69) is 4.98 Å². The Kier molecular flexibility index (Phi) is 3.90. The van der Waals surface area contributed by atoms with Gasteiger partial charge < -0.3 is 0 Å². The number of halogens is 2. The molecule has 0 saturated heterocycles. The van der Waals surface area contributed by atoms with Crippen molar-refractivity contribution in [2.24, 2.45) is 0 Å². The molecule has 70 valence electrons. The molecule has 3 heteroatoms. The van der Waals surface area contributed by atoms with Gasteiger partial charge in [-0.3, -0.25) is 0 Å². The van der Waals surface area contributed by atoms with Crippen LogP contribution >= 0.6 is 11.6 Å². The van der Waals surface area contributed by atoms with E-state index >= 15 is 0 Å². The summed E-state index contributed by atoms with van der Waals surface area (Å²) in [6, 6.07) is 1.78. The Balaban J connectivity index is 2.83. The van der Waals surface area contributed by atoms with Crippen LogP contribution in [0, 0.1) is 12.9 Å². The van der Waals surface area contributed by atoms with Crippen molar-refractivity contribution in [1.82, 2.24) is 4.98 Å². The first-order valence-electron chi connectivity index (χ1n) is 4.09. The molecule has 0 spiro atoms. The van der Waals surface area contributed by atoms with E-state index in [1.807, 2.05) is 12.2 Å². The van der Waals surface area contributed by atoms with Gasteiger partial charge in [-0.05, 0) is 25.0 Å². The zero-order chi connectivity index (χ0) is 9.68. The minimum atomic E-state index is -0.409. The molecule has 0 atom stereocenters. The van der Waals surface area contributed by atoms with Crippen LogP contribution in [0.25, 0.3) is 6.08 Å². The van der Waals surface area contributed by atoms with Crippen molar-refractivity contribution in [3.05, 3.63) is 35.4 Å². The number of alkyl halides is 1. The van der Waals surface area contributed by atoms with Crippen molar-refractivity contribution in [1.29, 1.82) is 0 Å². The van der Waals surface area contributed by atoms with E-state index in [0.29, 0.717) is 11.4 Å². The van der Waals surface area contributed by atoms with Gasteiger partial charge in [0.1, 0.15) is 0 Å². The van der Waals surface area contributed by atoms with Gasteiger partial charge in [-0.2, -0.15) is 4.39 Å². The van der Waals surface area contributed by atoms with Crippen LogP contribution in [0.2, 0.25) is 0 Å². The standard InChI is InChI=1S/C10H11ClFN/c1-8-9(4-2-3-6-11)5-7-13-10(8)12/h2,4-5,7H,3,6H2,1H3. The summed E-state index contributed by atoms with van der Waals surface area (Å²) in [5.41, 5.74) is 1.44. The van der Waals surface area contributed by atoms with Crippen molar-refractivity contribution in [2.75, 3.05) is 5.88 Å². The summed E-state index contributed by atoms with van der Waals surface area (Å²) in [6.45, 7) is 1.71. The molecule has 1 rings (SSSR count). The minimum absolute atomic E-state index is 0.409. The average molecular weight is 200 g/mol. The maximum Gasteiger partial charge on any atom is 0.216 e. The van der Waals surface area contributed by atoms with Gasteiger partial charge in [-0.25, -0.2) is 4.98 Å². The lowest BCUT2D eigenvalue weighted by Crippen LogP contribution is -1.90. The van der Waals surface area contributed by atoms with Crippen LogP contribution in [0.4, 0.5) is 4.39 Å². The summed E-state index contributed by atoms with van der Waals surface area (Å²) in [5.74, 6) is 0.177. The van der Waals surface area contributed by atoms with Gasteiger partial charge in [0.25, 0.3) is 0 Å². The van der Waals surface area contributed by atoms with E-state index in [1.165, 1.54) is 6.20 Å². The van der Waals surface area contributed by atoms with Gasteiger partial charge in [-0.1, -0.05) is 12.2 Å². The molecule has 13 heavy (non-hydrogen) atoms. The zero-order valence-electron chi connectivity index (χ0n) is 7.43. The Labute approximate surface area is 82.3 Å². The Morgan fingerprint density at radius 3 is 3.08 bits per heavy atom. The normalized spacial score (nSPS) is 11.0. The van der Waals surface area contributed by atoms with E-state index in [-0.39, 0.29) is 0 Å². The molecule has 0 bridgehead atoms. The first kappa shape index (κ1) is 10.2. The number of aromatic nitrogens is 1. The first-order chi connectivity index (χ1) is 6.25. The number of nitrogens with zero attached hydrogens (tertiary/aromatic N) is 1. The largest absolute Gasteiger partial charge is 0.228 e. The summed E-state index contributed by atoms with van der Waals surface area (Å²) in [5, 5.41) is 0. The summed E-state index contributed by atoms with van der Waals surface area (Å²) >= 11 is 5.50. The van der Waals surface area contributed by atoms with Crippen molar-refractivity contribution in [2.45, 2.75) is 13.3 Å². The van der Waals surface area contributed by atoms with Crippen LogP contribution in [0.3, 0.4) is 0 Å². The molecule has 0 aliphatic carbocycles. The SMILES string of the molecule is Cc1c(C=CCCCl)ccnc1F. The highest BCUT2D eigenvalue weighted by molar-refractivity contribution is 6.17. The second-order valence-corrected chi connectivity index (χ2v) is 3.07. The topological polar surface area (TPSA) is 12.9 Å². The van der Waals surface area contributed by atoms with Crippen molar-refractivity contribution in [3.8, 4) is 0 Å². The lowest BCUT2D eigenvalue weighted by Gasteiger charge is -1.99. The van der Waals surface area contributed by atoms with Crippen LogP contribution in [-0.4, -0.2) is 10.9 Å². The predicted molar refractivity (Wildman–Crippen MR) is 53.3 cm³/mol. The van der Waals surface area contributed by atoms with Crippen LogP contribution in [0.15, 0.2) is 18.3 Å². The van der Waals surface area contributed by atoms with Gasteiger partial charge in [0.2, 0.25) is 5.95 Å². The third kappa shape index (κ3) is 2.81. The third-order valence-electron chi connectivity index (χ3n) is 1.76. The second-order valence-electron chi connectivity index (χ2n) is 2.70. The Bertz CT molecular complexity index is 310. The molecule has 0 aliphatic heterocycles. The molecule has 0 N–H and O–H groups in total. The van der Waals surface area contributed by atoms with E-state index in [4.69, 9.17) is 11.6 Å². The molecule has 0 unspecified atom stereocenters. The molecule has 0 aliphatic rings. The highest BCUT2D eigenvalue weighted by Crippen LogP contribution is 2.11. The maximum atomic E-state index is 12.9. The summed E-state index contributed by atoms with van der Waals surface area (Å²) in [7, 11) is 0. The van der Waals surface area contributed by atoms with Crippen LogP contribution in [-0.2, 0) is 0 Å². The van der Waals surface area contributed by atoms with E-state index in [1.54, 1.807) is 13.0 Å². The average Bonchev–Trinajstić information content (AvgIpc) is 2.13. The smallest absolute Gasteiger partial charge is 0.216 e.